The molecule has 0 atom stereocenters. The summed E-state index contributed by atoms with van der Waals surface area (Å²) >= 11 is 0. The van der Waals surface area contributed by atoms with Crippen LogP contribution in [0.2, 0.25) is 0 Å². The molecule has 4 nitrogen and oxygen atoms in total. The van der Waals surface area contributed by atoms with Gasteiger partial charge in [0.1, 0.15) is 5.69 Å². The summed E-state index contributed by atoms with van der Waals surface area (Å²) in [6.45, 7) is 0. The van der Waals surface area contributed by atoms with Crippen LogP contribution in [0.15, 0.2) is 120 Å². The Morgan fingerprint density at radius 2 is 1.23 bits per heavy atom. The van der Waals surface area contributed by atoms with Crippen molar-refractivity contribution >= 4 is 12.0 Å². The summed E-state index contributed by atoms with van der Waals surface area (Å²) < 4.78 is 6.42. The van der Waals surface area contributed by atoms with Crippen molar-refractivity contribution in [2.75, 3.05) is 0 Å². The van der Waals surface area contributed by atoms with Gasteiger partial charge in [-0.05, 0) is 28.8 Å². The van der Waals surface area contributed by atoms with Crippen LogP contribution in [0.5, 0.6) is 0 Å². The van der Waals surface area contributed by atoms with E-state index in [1.54, 1.807) is 6.08 Å². The van der Waals surface area contributed by atoms with Gasteiger partial charge in [0.15, 0.2) is 5.76 Å². The maximum Gasteiger partial charge on any atom is 0.328 e. The largest absolute Gasteiger partial charge is 0.478 e. The first-order chi connectivity index (χ1) is 16.7. The van der Waals surface area contributed by atoms with E-state index in [0.717, 1.165) is 45.2 Å². The molecule has 4 heteroatoms. The van der Waals surface area contributed by atoms with E-state index in [4.69, 9.17) is 14.5 Å². The molecule has 5 rings (SSSR count). The molecule has 0 unspecified atom stereocenters. The van der Waals surface area contributed by atoms with Crippen LogP contribution in [-0.2, 0) is 4.79 Å². The van der Waals surface area contributed by atoms with Gasteiger partial charge in [-0.2, -0.15) is 0 Å². The van der Waals surface area contributed by atoms with E-state index < -0.39 is 5.97 Å². The van der Waals surface area contributed by atoms with Gasteiger partial charge in [-0.3, -0.25) is 0 Å². The number of aliphatic carboxylic acids is 1. The average molecular weight is 460 g/mol. The first-order valence-electron chi connectivity index (χ1n) is 10.9. The Morgan fingerprint density at radius 1 is 0.686 bits per heavy atom. The van der Waals surface area contributed by atoms with Crippen molar-refractivity contribution in [1.82, 2.24) is 4.98 Å². The Bertz CT molecular complexity index is 1410. The van der Waals surface area contributed by atoms with Gasteiger partial charge >= 0.3 is 5.97 Å². The van der Waals surface area contributed by atoms with E-state index in [0.29, 0.717) is 11.7 Å². The third kappa shape index (κ3) is 4.97. The van der Waals surface area contributed by atoms with E-state index in [1.165, 1.54) is 0 Å². The van der Waals surface area contributed by atoms with Crippen LogP contribution in [-0.4, -0.2) is 16.1 Å². The molecule has 0 saturated carbocycles. The highest BCUT2D eigenvalue weighted by molar-refractivity contribution is 5.91. The number of rotatable bonds is 6. The van der Waals surface area contributed by atoms with Gasteiger partial charge in [0.25, 0.3) is 0 Å². The Kier molecular flexibility index (Phi) is 7.03. The molecule has 0 aliphatic rings. The fraction of sp³-hybridized carbons (Fsp3) is 0.0323. The molecule has 0 saturated heterocycles. The topological polar surface area (TPSA) is 63.3 Å². The minimum atomic E-state index is -0.990. The van der Waals surface area contributed by atoms with Crippen LogP contribution in [0.4, 0.5) is 0 Å². The molecular formula is C31H25NO3. The van der Waals surface area contributed by atoms with Crippen LogP contribution < -0.4 is 0 Å². The lowest BCUT2D eigenvalue weighted by atomic mass is 9.95. The molecule has 4 aromatic carbocycles. The number of nitrogens with zero attached hydrogens (tertiary/aromatic N) is 1. The van der Waals surface area contributed by atoms with Crippen LogP contribution in [0.1, 0.15) is 13.0 Å². The maximum atomic E-state index is 11.1. The van der Waals surface area contributed by atoms with Crippen molar-refractivity contribution in [1.29, 1.82) is 0 Å². The standard InChI is InChI=1S/C30H21NO3.CH4/c32-27(33)20-19-21-11-7-8-16-24(21)25-17-9-10-18-26(25)30-31-28(22-12-3-1-4-13-22)29(34-30)23-14-5-2-6-15-23;/h1-20H,(H,32,33);1H4/b20-19+;. The normalized spacial score (nSPS) is 10.7. The van der Waals surface area contributed by atoms with Crippen molar-refractivity contribution in [3.63, 3.8) is 0 Å². The molecule has 35 heavy (non-hydrogen) atoms. The summed E-state index contributed by atoms with van der Waals surface area (Å²) in [7, 11) is 0. The summed E-state index contributed by atoms with van der Waals surface area (Å²) in [5.41, 5.74) is 6.13. The van der Waals surface area contributed by atoms with E-state index in [-0.39, 0.29) is 7.43 Å². The molecule has 172 valence electrons. The summed E-state index contributed by atoms with van der Waals surface area (Å²) in [5.74, 6) is 0.219. The molecule has 0 amide bonds. The molecule has 0 aliphatic carbocycles. The Labute approximate surface area is 204 Å². The second kappa shape index (κ2) is 10.5. The smallest absolute Gasteiger partial charge is 0.328 e. The zero-order valence-corrected chi connectivity index (χ0v) is 18.3. The van der Waals surface area contributed by atoms with Crippen molar-refractivity contribution < 1.29 is 14.3 Å². The van der Waals surface area contributed by atoms with E-state index >= 15 is 0 Å². The van der Waals surface area contributed by atoms with E-state index in [1.807, 2.05) is 109 Å². The van der Waals surface area contributed by atoms with Gasteiger partial charge in [-0.25, -0.2) is 9.78 Å². The van der Waals surface area contributed by atoms with E-state index in [2.05, 4.69) is 0 Å². The number of aromatic nitrogens is 1. The molecule has 1 heterocycles. The third-order valence-electron chi connectivity index (χ3n) is 5.52. The van der Waals surface area contributed by atoms with Gasteiger partial charge in [-0.15, -0.1) is 0 Å². The predicted molar refractivity (Wildman–Crippen MR) is 142 cm³/mol. The Morgan fingerprint density at radius 3 is 1.89 bits per heavy atom. The second-order valence-electron chi connectivity index (χ2n) is 7.73. The fourth-order valence-electron chi connectivity index (χ4n) is 3.97. The highest BCUT2D eigenvalue weighted by Gasteiger charge is 2.20. The van der Waals surface area contributed by atoms with Crippen LogP contribution in [0.25, 0.3) is 51.2 Å². The quantitative estimate of drug-likeness (QED) is 0.261. The molecule has 0 aliphatic heterocycles. The predicted octanol–water partition coefficient (Wildman–Crippen LogP) is 8.08. The molecule has 5 aromatic rings. The zero-order chi connectivity index (χ0) is 23.3. The Balaban J connectivity index is 0.00000289. The summed E-state index contributed by atoms with van der Waals surface area (Å²) in [6, 6.07) is 35.5. The highest BCUT2D eigenvalue weighted by Crippen LogP contribution is 2.39. The van der Waals surface area contributed by atoms with E-state index in [9.17, 15) is 4.79 Å². The lowest BCUT2D eigenvalue weighted by Gasteiger charge is -2.10. The van der Waals surface area contributed by atoms with Crippen LogP contribution in [0, 0.1) is 0 Å². The van der Waals surface area contributed by atoms with Gasteiger partial charge in [0.05, 0.1) is 0 Å². The van der Waals surface area contributed by atoms with Crippen LogP contribution in [0.3, 0.4) is 0 Å². The third-order valence-corrected chi connectivity index (χ3v) is 5.52. The summed E-state index contributed by atoms with van der Waals surface area (Å²) in [4.78, 5) is 16.0. The van der Waals surface area contributed by atoms with Gasteiger partial charge in [-0.1, -0.05) is 111 Å². The molecule has 1 aromatic heterocycles. The first-order valence-corrected chi connectivity index (χ1v) is 10.9. The molecular weight excluding hydrogens is 434 g/mol. The highest BCUT2D eigenvalue weighted by atomic mass is 16.4. The molecule has 0 radical (unpaired) electrons. The number of benzene rings is 4. The Hall–Kier alpha value is -4.70. The van der Waals surface area contributed by atoms with Crippen molar-refractivity contribution in [3.05, 3.63) is 121 Å². The number of carboxylic acids is 1. The fourth-order valence-corrected chi connectivity index (χ4v) is 3.97. The first kappa shape index (κ1) is 23.5. The van der Waals surface area contributed by atoms with Gasteiger partial charge in [0.2, 0.25) is 5.89 Å². The van der Waals surface area contributed by atoms with Gasteiger partial charge < -0.3 is 9.52 Å². The maximum absolute atomic E-state index is 11.1. The lowest BCUT2D eigenvalue weighted by Crippen LogP contribution is -1.90. The molecule has 1 N–H and O–H groups in total. The van der Waals surface area contributed by atoms with Crippen molar-refractivity contribution in [2.24, 2.45) is 0 Å². The molecule has 0 spiro atoms. The molecule has 0 fully saturated rings. The number of hydrogen-bond donors (Lipinski definition) is 1. The minimum Gasteiger partial charge on any atom is -0.478 e. The number of oxazole rings is 1. The molecule has 0 bridgehead atoms. The summed E-state index contributed by atoms with van der Waals surface area (Å²) in [6.07, 6.45) is 2.75. The van der Waals surface area contributed by atoms with Crippen molar-refractivity contribution in [2.45, 2.75) is 7.43 Å². The average Bonchev–Trinajstić information content (AvgIpc) is 3.34. The summed E-state index contributed by atoms with van der Waals surface area (Å²) in [5, 5.41) is 9.11. The number of carbonyl (C=O) groups is 1. The monoisotopic (exact) mass is 459 g/mol. The van der Waals surface area contributed by atoms with Crippen LogP contribution >= 0.6 is 0 Å². The number of carboxylic acid groups (broad SMARTS) is 1. The SMILES string of the molecule is C.O=C(O)/C=C/c1ccccc1-c1ccccc1-c1nc(-c2ccccc2)c(-c2ccccc2)o1. The second-order valence-corrected chi connectivity index (χ2v) is 7.73. The number of hydrogen-bond acceptors (Lipinski definition) is 3. The lowest BCUT2D eigenvalue weighted by molar-refractivity contribution is -0.131. The van der Waals surface area contributed by atoms with Crippen molar-refractivity contribution in [3.8, 4) is 45.2 Å². The van der Waals surface area contributed by atoms with Gasteiger partial charge in [0, 0.05) is 22.8 Å². The zero-order valence-electron chi connectivity index (χ0n) is 18.3. The minimum absolute atomic E-state index is 0.